The van der Waals surface area contributed by atoms with E-state index in [9.17, 15) is 19.5 Å². The van der Waals surface area contributed by atoms with Crippen LogP contribution >= 0.6 is 0 Å². The van der Waals surface area contributed by atoms with Crippen molar-refractivity contribution in [2.75, 3.05) is 20.2 Å². The Kier molecular flexibility index (Phi) is 8.99. The SMILES string of the molecule is CN(Cc1ccccc1)CC(NC(=O)[C@@H]1CCCC[C@@H]1NC(=O)OCC1c2ccccc2-c2ccccc21)C(=O)O. The van der Waals surface area contributed by atoms with Gasteiger partial charge in [-0.05, 0) is 47.7 Å². The molecule has 214 valence electrons. The number of carboxylic acid groups (broad SMARTS) is 1. The summed E-state index contributed by atoms with van der Waals surface area (Å²) in [6, 6.07) is 24.6. The van der Waals surface area contributed by atoms with E-state index in [0.717, 1.165) is 40.7 Å². The Labute approximate surface area is 240 Å². The molecule has 3 atom stereocenters. The maximum Gasteiger partial charge on any atom is 0.407 e. The highest BCUT2D eigenvalue weighted by molar-refractivity contribution is 5.86. The topological polar surface area (TPSA) is 108 Å². The van der Waals surface area contributed by atoms with E-state index < -0.39 is 30.1 Å². The third-order valence-electron chi connectivity index (χ3n) is 8.15. The lowest BCUT2D eigenvalue weighted by Gasteiger charge is -2.32. The van der Waals surface area contributed by atoms with Gasteiger partial charge < -0.3 is 20.5 Å². The number of carbonyl (C=O) groups is 3. The Balaban J connectivity index is 1.18. The zero-order chi connectivity index (χ0) is 28.8. The molecule has 0 bridgehead atoms. The fourth-order valence-electron chi connectivity index (χ4n) is 6.14. The monoisotopic (exact) mass is 555 g/mol. The second-order valence-corrected chi connectivity index (χ2v) is 11.0. The second kappa shape index (κ2) is 13.0. The van der Waals surface area contributed by atoms with Crippen molar-refractivity contribution in [3.8, 4) is 11.1 Å². The molecule has 0 radical (unpaired) electrons. The van der Waals surface area contributed by atoms with Crippen LogP contribution in [0.1, 0.15) is 48.3 Å². The summed E-state index contributed by atoms with van der Waals surface area (Å²) < 4.78 is 5.72. The summed E-state index contributed by atoms with van der Waals surface area (Å²) >= 11 is 0. The number of rotatable bonds is 10. The van der Waals surface area contributed by atoms with Crippen molar-refractivity contribution < 1.29 is 24.2 Å². The van der Waals surface area contributed by atoms with Gasteiger partial charge in [-0.2, -0.15) is 0 Å². The lowest BCUT2D eigenvalue weighted by Crippen LogP contribution is -2.54. The molecule has 41 heavy (non-hydrogen) atoms. The van der Waals surface area contributed by atoms with E-state index >= 15 is 0 Å². The summed E-state index contributed by atoms with van der Waals surface area (Å²) in [5.74, 6) is -2.02. The van der Waals surface area contributed by atoms with Crippen molar-refractivity contribution in [1.29, 1.82) is 0 Å². The molecular formula is C33H37N3O5. The number of carboxylic acids is 1. The van der Waals surface area contributed by atoms with Gasteiger partial charge in [-0.3, -0.25) is 9.69 Å². The van der Waals surface area contributed by atoms with Crippen LogP contribution in [0.25, 0.3) is 11.1 Å². The maximum absolute atomic E-state index is 13.3. The van der Waals surface area contributed by atoms with E-state index in [1.54, 1.807) is 0 Å². The van der Waals surface area contributed by atoms with Gasteiger partial charge >= 0.3 is 12.1 Å². The third-order valence-corrected chi connectivity index (χ3v) is 8.15. The molecule has 0 spiro atoms. The van der Waals surface area contributed by atoms with E-state index in [-0.39, 0.29) is 25.0 Å². The van der Waals surface area contributed by atoms with Gasteiger partial charge in [0, 0.05) is 25.0 Å². The fourth-order valence-corrected chi connectivity index (χ4v) is 6.14. The van der Waals surface area contributed by atoms with Crippen LogP contribution in [0.3, 0.4) is 0 Å². The van der Waals surface area contributed by atoms with Gasteiger partial charge in [0.15, 0.2) is 0 Å². The number of amides is 2. The molecule has 0 saturated heterocycles. The number of likely N-dealkylation sites (N-methyl/N-ethyl adjacent to an activating group) is 1. The average molecular weight is 556 g/mol. The molecule has 3 aromatic rings. The summed E-state index contributed by atoms with van der Waals surface area (Å²) in [6.07, 6.45) is 2.36. The molecule has 1 saturated carbocycles. The van der Waals surface area contributed by atoms with Crippen molar-refractivity contribution in [2.45, 2.75) is 50.2 Å². The number of ether oxygens (including phenoxy) is 1. The predicted molar refractivity (Wildman–Crippen MR) is 156 cm³/mol. The smallest absolute Gasteiger partial charge is 0.407 e. The van der Waals surface area contributed by atoms with E-state index in [4.69, 9.17) is 4.74 Å². The Hall–Kier alpha value is -4.17. The standard InChI is InChI=1S/C33H37N3O5/c1-36(19-22-11-3-2-4-12-22)20-30(32(38)39)34-31(37)27-17-9-10-18-29(27)35-33(40)41-21-28-25-15-7-5-13-23(25)24-14-6-8-16-26(24)28/h2-8,11-16,27-30H,9-10,17-21H2,1H3,(H,34,37)(H,35,40)(H,38,39)/t27-,29+,30?/m1/s1. The average Bonchev–Trinajstić information content (AvgIpc) is 3.30. The molecule has 8 heteroatoms. The first kappa shape index (κ1) is 28.4. The van der Waals surface area contributed by atoms with Gasteiger partial charge in [0.05, 0.1) is 5.92 Å². The summed E-state index contributed by atoms with van der Waals surface area (Å²) in [4.78, 5) is 40.1. The van der Waals surface area contributed by atoms with E-state index in [1.807, 2.05) is 66.5 Å². The summed E-state index contributed by atoms with van der Waals surface area (Å²) in [7, 11) is 1.83. The third kappa shape index (κ3) is 6.77. The quantitative estimate of drug-likeness (QED) is 0.332. The lowest BCUT2D eigenvalue weighted by atomic mass is 9.83. The number of benzene rings is 3. The molecule has 0 heterocycles. The minimum atomic E-state index is -1.09. The van der Waals surface area contributed by atoms with Gasteiger partial charge in [0.1, 0.15) is 12.6 Å². The molecule has 3 aromatic carbocycles. The van der Waals surface area contributed by atoms with Crippen LogP contribution in [0.15, 0.2) is 78.9 Å². The van der Waals surface area contributed by atoms with Gasteiger partial charge in [-0.15, -0.1) is 0 Å². The van der Waals surface area contributed by atoms with Crippen molar-refractivity contribution in [3.05, 3.63) is 95.6 Å². The van der Waals surface area contributed by atoms with Crippen LogP contribution in [0.5, 0.6) is 0 Å². The number of nitrogens with zero attached hydrogens (tertiary/aromatic N) is 1. The minimum Gasteiger partial charge on any atom is -0.480 e. The highest BCUT2D eigenvalue weighted by Gasteiger charge is 2.35. The van der Waals surface area contributed by atoms with Crippen molar-refractivity contribution in [2.24, 2.45) is 5.92 Å². The number of alkyl carbamates (subject to hydrolysis) is 1. The van der Waals surface area contributed by atoms with Gasteiger partial charge in [0.2, 0.25) is 5.91 Å². The van der Waals surface area contributed by atoms with Crippen molar-refractivity contribution >= 4 is 18.0 Å². The summed E-state index contributed by atoms with van der Waals surface area (Å²) in [5.41, 5.74) is 5.64. The van der Waals surface area contributed by atoms with E-state index in [2.05, 4.69) is 34.9 Å². The molecule has 0 aliphatic heterocycles. The van der Waals surface area contributed by atoms with Gasteiger partial charge in [-0.25, -0.2) is 9.59 Å². The summed E-state index contributed by atoms with van der Waals surface area (Å²) in [5, 5.41) is 15.5. The molecule has 1 fully saturated rings. The van der Waals surface area contributed by atoms with E-state index in [1.165, 1.54) is 0 Å². The first-order valence-electron chi connectivity index (χ1n) is 14.3. The Morgan fingerprint density at radius 2 is 1.51 bits per heavy atom. The molecule has 2 aliphatic carbocycles. The first-order valence-corrected chi connectivity index (χ1v) is 14.3. The number of aliphatic carboxylic acids is 1. The Morgan fingerprint density at radius 1 is 0.902 bits per heavy atom. The second-order valence-electron chi connectivity index (χ2n) is 11.0. The van der Waals surface area contributed by atoms with Crippen molar-refractivity contribution in [1.82, 2.24) is 15.5 Å². The Bertz CT molecular complexity index is 1330. The molecule has 8 nitrogen and oxygen atoms in total. The highest BCUT2D eigenvalue weighted by atomic mass is 16.5. The molecule has 1 unspecified atom stereocenters. The maximum atomic E-state index is 13.3. The normalized spacial score (nSPS) is 18.7. The van der Waals surface area contributed by atoms with E-state index in [0.29, 0.717) is 19.4 Å². The minimum absolute atomic E-state index is 0.0530. The highest BCUT2D eigenvalue weighted by Crippen LogP contribution is 2.44. The van der Waals surface area contributed by atoms with Crippen LogP contribution in [0.4, 0.5) is 4.79 Å². The zero-order valence-corrected chi connectivity index (χ0v) is 23.3. The number of hydrogen-bond acceptors (Lipinski definition) is 5. The van der Waals surface area contributed by atoms with Crippen LogP contribution in [-0.2, 0) is 20.9 Å². The predicted octanol–water partition coefficient (Wildman–Crippen LogP) is 4.79. The number of hydrogen-bond donors (Lipinski definition) is 3. The molecule has 3 N–H and O–H groups in total. The first-order chi connectivity index (χ1) is 19.9. The molecule has 2 aliphatic rings. The van der Waals surface area contributed by atoms with Crippen LogP contribution in [0, 0.1) is 5.92 Å². The molecular weight excluding hydrogens is 518 g/mol. The Morgan fingerprint density at radius 3 is 2.17 bits per heavy atom. The molecule has 2 amide bonds. The lowest BCUT2D eigenvalue weighted by molar-refractivity contribution is -0.143. The van der Waals surface area contributed by atoms with Crippen molar-refractivity contribution in [3.63, 3.8) is 0 Å². The molecule has 5 rings (SSSR count). The molecule has 0 aromatic heterocycles. The van der Waals surface area contributed by atoms with Crippen LogP contribution in [-0.4, -0.2) is 60.3 Å². The largest absolute Gasteiger partial charge is 0.480 e. The van der Waals surface area contributed by atoms with Crippen LogP contribution in [0.2, 0.25) is 0 Å². The zero-order valence-electron chi connectivity index (χ0n) is 23.3. The number of carbonyl (C=O) groups excluding carboxylic acids is 2. The number of fused-ring (bicyclic) bond motifs is 3. The van der Waals surface area contributed by atoms with Crippen LogP contribution < -0.4 is 10.6 Å². The summed E-state index contributed by atoms with van der Waals surface area (Å²) in [6.45, 7) is 0.918. The number of nitrogens with one attached hydrogen (secondary N) is 2. The van der Waals surface area contributed by atoms with Gasteiger partial charge in [0.25, 0.3) is 0 Å². The fraction of sp³-hybridized carbons (Fsp3) is 0.364. The van der Waals surface area contributed by atoms with Gasteiger partial charge in [-0.1, -0.05) is 91.7 Å².